The van der Waals surface area contributed by atoms with Gasteiger partial charge in [-0.15, -0.1) is 0 Å². The highest BCUT2D eigenvalue weighted by molar-refractivity contribution is 5.71. The third kappa shape index (κ3) is 3.90. The number of anilines is 1. The lowest BCUT2D eigenvalue weighted by Gasteiger charge is -2.09. The van der Waals surface area contributed by atoms with Gasteiger partial charge in [0.05, 0.1) is 18.5 Å². The Kier molecular flexibility index (Phi) is 5.12. The van der Waals surface area contributed by atoms with E-state index in [2.05, 4.69) is 38.1 Å². The van der Waals surface area contributed by atoms with Crippen molar-refractivity contribution in [1.82, 2.24) is 9.38 Å². The molecule has 0 atom stereocenters. The number of fused-ring (bicyclic) bond motifs is 1. The average Bonchev–Trinajstić information content (AvgIpc) is 3.17. The van der Waals surface area contributed by atoms with Crippen molar-refractivity contribution in [3.8, 4) is 22.8 Å². The lowest BCUT2D eigenvalue weighted by molar-refractivity contribution is 0.308. The van der Waals surface area contributed by atoms with Crippen LogP contribution in [-0.4, -0.2) is 16.5 Å². The van der Waals surface area contributed by atoms with E-state index in [0.29, 0.717) is 24.0 Å². The Hall–Kier alpha value is -3.47. The molecular formula is C24H25N3O2. The lowest BCUT2D eigenvalue weighted by Crippen LogP contribution is -1.98. The molecule has 2 N–H and O–H groups in total. The smallest absolute Gasteiger partial charge is 0.180 e. The van der Waals surface area contributed by atoms with Gasteiger partial charge in [-0.25, -0.2) is 4.98 Å². The maximum Gasteiger partial charge on any atom is 0.180 e. The largest absolute Gasteiger partial charge is 0.495 e. The van der Waals surface area contributed by atoms with Gasteiger partial charge in [0.2, 0.25) is 0 Å². The molecule has 29 heavy (non-hydrogen) atoms. The molecule has 0 aliphatic heterocycles. The molecule has 0 amide bonds. The highest BCUT2D eigenvalue weighted by Gasteiger charge is 2.11. The standard InChI is InChI=1S/C24H25N3O2/c1-16(2)18-8-6-17(7-9-18)15-29-23-5-4-12-27-14-21(26-24(23)27)19-10-11-22(28-3)20(25)13-19/h4-14,16H,15,25H2,1-3H3. The topological polar surface area (TPSA) is 61.8 Å². The van der Waals surface area contributed by atoms with E-state index in [9.17, 15) is 0 Å². The highest BCUT2D eigenvalue weighted by Crippen LogP contribution is 2.30. The van der Waals surface area contributed by atoms with E-state index in [4.69, 9.17) is 20.2 Å². The maximum atomic E-state index is 6.09. The zero-order chi connectivity index (χ0) is 20.4. The van der Waals surface area contributed by atoms with E-state index in [1.165, 1.54) is 5.56 Å². The van der Waals surface area contributed by atoms with E-state index >= 15 is 0 Å². The molecule has 2 aromatic heterocycles. The minimum Gasteiger partial charge on any atom is -0.495 e. The van der Waals surface area contributed by atoms with Crippen LogP contribution in [0.15, 0.2) is 67.0 Å². The lowest BCUT2D eigenvalue weighted by atomic mass is 10.0. The van der Waals surface area contributed by atoms with Crippen LogP contribution in [-0.2, 0) is 6.61 Å². The molecule has 0 bridgehead atoms. The first-order valence-corrected chi connectivity index (χ1v) is 9.68. The Morgan fingerprint density at radius 3 is 2.52 bits per heavy atom. The molecule has 5 nitrogen and oxygen atoms in total. The fraction of sp³-hybridized carbons (Fsp3) is 0.208. The molecular weight excluding hydrogens is 362 g/mol. The van der Waals surface area contributed by atoms with Crippen LogP contribution in [0.4, 0.5) is 5.69 Å². The fourth-order valence-electron chi connectivity index (χ4n) is 3.29. The van der Waals surface area contributed by atoms with Gasteiger partial charge in [0.1, 0.15) is 12.4 Å². The molecule has 0 fully saturated rings. The molecule has 148 valence electrons. The molecule has 5 heteroatoms. The first-order valence-electron chi connectivity index (χ1n) is 9.68. The van der Waals surface area contributed by atoms with Crippen molar-refractivity contribution in [2.75, 3.05) is 12.8 Å². The van der Waals surface area contributed by atoms with Gasteiger partial charge in [-0.05, 0) is 47.4 Å². The van der Waals surface area contributed by atoms with Crippen LogP contribution < -0.4 is 15.2 Å². The van der Waals surface area contributed by atoms with Gasteiger partial charge in [-0.1, -0.05) is 38.1 Å². The van der Waals surface area contributed by atoms with E-state index in [-0.39, 0.29) is 0 Å². The van der Waals surface area contributed by atoms with Crippen LogP contribution in [0.1, 0.15) is 30.9 Å². The van der Waals surface area contributed by atoms with Gasteiger partial charge in [0.15, 0.2) is 11.4 Å². The molecule has 0 aliphatic rings. The third-order valence-corrected chi connectivity index (χ3v) is 5.01. The van der Waals surface area contributed by atoms with E-state index in [1.54, 1.807) is 7.11 Å². The second-order valence-corrected chi connectivity index (χ2v) is 7.37. The van der Waals surface area contributed by atoms with Crippen molar-refractivity contribution in [1.29, 1.82) is 0 Å². The van der Waals surface area contributed by atoms with Crippen LogP contribution in [0.3, 0.4) is 0 Å². The molecule has 0 unspecified atom stereocenters. The summed E-state index contributed by atoms with van der Waals surface area (Å²) in [6.07, 6.45) is 3.93. The molecule has 0 aliphatic carbocycles. The summed E-state index contributed by atoms with van der Waals surface area (Å²) in [5.41, 5.74) is 11.6. The molecule has 2 heterocycles. The van der Waals surface area contributed by atoms with Crippen LogP contribution in [0.5, 0.6) is 11.5 Å². The second-order valence-electron chi connectivity index (χ2n) is 7.37. The number of benzene rings is 2. The molecule has 0 spiro atoms. The Bertz CT molecular complexity index is 1130. The number of ether oxygens (including phenoxy) is 2. The highest BCUT2D eigenvalue weighted by atomic mass is 16.5. The summed E-state index contributed by atoms with van der Waals surface area (Å²) in [4.78, 5) is 4.77. The van der Waals surface area contributed by atoms with Crippen LogP contribution >= 0.6 is 0 Å². The first-order chi connectivity index (χ1) is 14.0. The van der Waals surface area contributed by atoms with Crippen molar-refractivity contribution < 1.29 is 9.47 Å². The molecule has 2 aromatic carbocycles. The summed E-state index contributed by atoms with van der Waals surface area (Å²) in [6.45, 7) is 4.88. The number of aromatic nitrogens is 2. The zero-order valence-corrected chi connectivity index (χ0v) is 16.9. The predicted molar refractivity (Wildman–Crippen MR) is 116 cm³/mol. The first kappa shape index (κ1) is 18.9. The number of pyridine rings is 1. The van der Waals surface area contributed by atoms with Gasteiger partial charge in [0.25, 0.3) is 0 Å². The van der Waals surface area contributed by atoms with Crippen LogP contribution in [0, 0.1) is 0 Å². The summed E-state index contributed by atoms with van der Waals surface area (Å²) in [5.74, 6) is 1.92. The van der Waals surface area contributed by atoms with Crippen LogP contribution in [0.25, 0.3) is 16.9 Å². The molecule has 4 aromatic rings. The number of nitrogen functional groups attached to an aromatic ring is 1. The summed E-state index contributed by atoms with van der Waals surface area (Å²) in [6, 6.07) is 18.1. The zero-order valence-electron chi connectivity index (χ0n) is 16.9. The minimum absolute atomic E-state index is 0.496. The van der Waals surface area contributed by atoms with Crippen LogP contribution in [0.2, 0.25) is 0 Å². The van der Waals surface area contributed by atoms with E-state index in [0.717, 1.165) is 28.2 Å². The quantitative estimate of drug-likeness (QED) is 0.456. The van der Waals surface area contributed by atoms with E-state index < -0.39 is 0 Å². The minimum atomic E-state index is 0.496. The number of rotatable bonds is 6. The Labute approximate surface area is 170 Å². The normalized spacial score (nSPS) is 11.2. The Morgan fingerprint density at radius 2 is 1.83 bits per heavy atom. The van der Waals surface area contributed by atoms with Gasteiger partial charge < -0.3 is 19.6 Å². The number of nitrogens with zero attached hydrogens (tertiary/aromatic N) is 2. The molecule has 0 radical (unpaired) electrons. The molecule has 4 rings (SSSR count). The summed E-state index contributed by atoms with van der Waals surface area (Å²) in [7, 11) is 1.61. The summed E-state index contributed by atoms with van der Waals surface area (Å²) >= 11 is 0. The van der Waals surface area contributed by atoms with Crippen molar-refractivity contribution >= 4 is 11.3 Å². The summed E-state index contributed by atoms with van der Waals surface area (Å²) < 4.78 is 13.3. The monoisotopic (exact) mass is 387 g/mol. The number of methoxy groups -OCH3 is 1. The van der Waals surface area contributed by atoms with Crippen molar-refractivity contribution in [3.05, 3.63) is 78.1 Å². The Balaban J connectivity index is 1.58. The fourth-order valence-corrected chi connectivity index (χ4v) is 3.29. The third-order valence-electron chi connectivity index (χ3n) is 5.01. The maximum absolute atomic E-state index is 6.09. The number of nitrogens with two attached hydrogens (primary N) is 1. The number of imidazole rings is 1. The van der Waals surface area contributed by atoms with Gasteiger partial charge in [0, 0.05) is 18.0 Å². The Morgan fingerprint density at radius 1 is 1.03 bits per heavy atom. The second kappa shape index (κ2) is 7.87. The van der Waals surface area contributed by atoms with Gasteiger partial charge in [-0.2, -0.15) is 0 Å². The summed E-state index contributed by atoms with van der Waals surface area (Å²) in [5, 5.41) is 0. The number of hydrogen-bond acceptors (Lipinski definition) is 4. The number of hydrogen-bond donors (Lipinski definition) is 1. The van der Waals surface area contributed by atoms with Crippen molar-refractivity contribution in [3.63, 3.8) is 0 Å². The molecule has 0 saturated carbocycles. The van der Waals surface area contributed by atoms with Crippen molar-refractivity contribution in [2.45, 2.75) is 26.4 Å². The molecule has 0 saturated heterocycles. The SMILES string of the molecule is COc1ccc(-c2cn3cccc(OCc4ccc(C(C)C)cc4)c3n2)cc1N. The predicted octanol–water partition coefficient (Wildman–Crippen LogP) is 5.29. The van der Waals surface area contributed by atoms with Crippen molar-refractivity contribution in [2.24, 2.45) is 0 Å². The van der Waals surface area contributed by atoms with E-state index in [1.807, 2.05) is 47.1 Å². The average molecular weight is 387 g/mol. The van der Waals surface area contributed by atoms with Gasteiger partial charge in [-0.3, -0.25) is 0 Å². The van der Waals surface area contributed by atoms with Gasteiger partial charge >= 0.3 is 0 Å².